The molecule has 1 unspecified atom stereocenters. The number of Topliss-reactive ketones (excluding diaryl/α,β-unsaturated/α-hetero) is 2. The Kier molecular flexibility index (Phi) is 25.2. The summed E-state index contributed by atoms with van der Waals surface area (Å²) in [5.74, 6) is -4.31. The molecule has 2 saturated heterocycles. The summed E-state index contributed by atoms with van der Waals surface area (Å²) in [6.45, 7) is 24.7. The van der Waals surface area contributed by atoms with Gasteiger partial charge in [-0.05, 0) is 130 Å². The van der Waals surface area contributed by atoms with E-state index in [4.69, 9.17) is 9.47 Å². The monoisotopic (exact) mass is 1200 g/mol. The number of carbonyl (C=O) groups is 8. The summed E-state index contributed by atoms with van der Waals surface area (Å²) in [5.41, 5.74) is 9.51. The Morgan fingerprint density at radius 1 is 0.793 bits per heavy atom. The summed E-state index contributed by atoms with van der Waals surface area (Å²) in [7, 11) is 3.11. The fraction of sp³-hybridized carbons (Fsp3) is 0.522. The van der Waals surface area contributed by atoms with Gasteiger partial charge in [-0.3, -0.25) is 58.3 Å². The van der Waals surface area contributed by atoms with Gasteiger partial charge < -0.3 is 30.7 Å². The van der Waals surface area contributed by atoms with Crippen LogP contribution in [0.1, 0.15) is 149 Å². The van der Waals surface area contributed by atoms with Crippen LogP contribution in [0.3, 0.4) is 0 Å². The molecule has 0 radical (unpaired) electrons. The molecule has 0 spiro atoms. The van der Waals surface area contributed by atoms with Gasteiger partial charge in [-0.1, -0.05) is 90.6 Å². The van der Waals surface area contributed by atoms with Crippen molar-refractivity contribution in [3.05, 3.63) is 108 Å². The number of hydrogen-bond donors (Lipinski definition) is 6. The minimum Gasteiger partial charge on any atom is -0.377 e. The van der Waals surface area contributed by atoms with Gasteiger partial charge in [0.1, 0.15) is 35.7 Å². The molecule has 20 heteroatoms. The first kappa shape index (κ1) is 68.6. The molecule has 5 heterocycles. The van der Waals surface area contributed by atoms with Gasteiger partial charge in [0.05, 0.1) is 35.7 Å². The molecule has 6 N–H and O–H groups in total. The van der Waals surface area contributed by atoms with Crippen LogP contribution in [-0.2, 0) is 47.8 Å². The zero-order valence-corrected chi connectivity index (χ0v) is 53.0. The summed E-state index contributed by atoms with van der Waals surface area (Å²) < 4.78 is 11.1. The molecule has 20 nitrogen and oxygen atoms in total. The molecule has 4 aromatic rings. The third-order valence-electron chi connectivity index (χ3n) is 17.0. The summed E-state index contributed by atoms with van der Waals surface area (Å²) in [5, 5.41) is 18.5. The van der Waals surface area contributed by atoms with Gasteiger partial charge in [0.2, 0.25) is 23.6 Å². The van der Waals surface area contributed by atoms with Crippen LogP contribution in [0.4, 0.5) is 0 Å². The maximum atomic E-state index is 13.4. The minimum absolute atomic E-state index is 0.0265. The Morgan fingerprint density at radius 2 is 1.47 bits per heavy atom. The predicted octanol–water partition coefficient (Wildman–Crippen LogP) is 7.84. The highest BCUT2D eigenvalue weighted by Crippen LogP contribution is 2.27. The molecule has 2 aromatic heterocycles. The van der Waals surface area contributed by atoms with E-state index >= 15 is 0 Å². The Bertz CT molecular complexity index is 3180. The van der Waals surface area contributed by atoms with E-state index < -0.39 is 53.9 Å². The fourth-order valence-corrected chi connectivity index (χ4v) is 11.1. The molecular formula is C67H92N10O10. The van der Waals surface area contributed by atoms with Gasteiger partial charge in [0.15, 0.2) is 0 Å². The molecule has 470 valence electrons. The molecular weight excluding hydrogens is 1100 g/mol. The minimum atomic E-state index is -0.846. The second-order valence-corrected chi connectivity index (χ2v) is 24.1. The van der Waals surface area contributed by atoms with Crippen molar-refractivity contribution in [3.8, 4) is 0 Å². The van der Waals surface area contributed by atoms with Gasteiger partial charge in [-0.25, -0.2) is 10.9 Å². The highest BCUT2D eigenvalue weighted by Gasteiger charge is 2.37. The van der Waals surface area contributed by atoms with Crippen LogP contribution in [0.25, 0.3) is 33.7 Å². The number of carbonyl (C=O) groups excluding carboxylic acids is 8. The summed E-state index contributed by atoms with van der Waals surface area (Å²) >= 11 is 0. The van der Waals surface area contributed by atoms with E-state index in [1.54, 1.807) is 60.4 Å². The van der Waals surface area contributed by atoms with Crippen molar-refractivity contribution in [2.75, 3.05) is 27.3 Å². The smallest absolute Gasteiger partial charge is 0.258 e. The number of aromatic nitrogens is 2. The van der Waals surface area contributed by atoms with Gasteiger partial charge in [-0.15, -0.1) is 0 Å². The van der Waals surface area contributed by atoms with Crippen molar-refractivity contribution in [1.29, 1.82) is 0 Å². The second-order valence-electron chi connectivity index (χ2n) is 24.1. The molecule has 3 aliphatic heterocycles. The van der Waals surface area contributed by atoms with E-state index in [-0.39, 0.29) is 89.9 Å². The molecule has 87 heavy (non-hydrogen) atoms. The van der Waals surface area contributed by atoms with Gasteiger partial charge >= 0.3 is 0 Å². The number of pyridine rings is 2. The predicted molar refractivity (Wildman–Crippen MR) is 337 cm³/mol. The lowest BCUT2D eigenvalue weighted by atomic mass is 9.85. The van der Waals surface area contributed by atoms with Crippen LogP contribution in [0.15, 0.2) is 85.7 Å². The largest absolute Gasteiger partial charge is 0.377 e. The van der Waals surface area contributed by atoms with Crippen LogP contribution in [0, 0.1) is 35.5 Å². The van der Waals surface area contributed by atoms with Crippen molar-refractivity contribution in [1.82, 2.24) is 52.1 Å². The Hall–Kier alpha value is -7.52. The lowest BCUT2D eigenvalue weighted by Gasteiger charge is -2.35. The standard InChI is InChI=1S/C35H49N5O5.C32H43N5O5/c1-9-12-32(45-8)22(5)31(41)19-29(21(3)4)33(42)38-24(7)35(44)40-16-11-13-30(39-40)34(43)37-23(6)25-14-15-26-20-36-28(10-2)18-27(26)17-25;1-18(2)26-16-28(38)19(3)29(42-6)12-11-25-15-24-14-22(9-10-23(24)17-33-25)20(4)34-31(40)27-8-7-13-37(36-27)32(41)21(5)35-30(26)39/h9-10,12,14-15,17-18,20-24,29-30,32,39H,2,11,13,16,19H2,1,3-8H3,(H,37,43)(H,38,42);9-12,14-15,17-21,26-27,29,36H,7-8,13,16H2,1-6H3,(H,34,40)(H,35,39)/b12-9+;12-11+/t22?,23-,24+,29+,30+,32-;19-,20+,21-,26-,27-,29+/m10/s1. The first-order chi connectivity index (χ1) is 41.4. The highest BCUT2D eigenvalue weighted by atomic mass is 16.5. The number of nitrogens with zero attached hydrogens (tertiary/aromatic N) is 4. The molecule has 0 aliphatic carbocycles. The number of benzene rings is 2. The zero-order valence-electron chi connectivity index (χ0n) is 53.0. The number of methoxy groups -OCH3 is 2. The van der Waals surface area contributed by atoms with Crippen LogP contribution in [-0.4, -0.2) is 131 Å². The summed E-state index contributed by atoms with van der Waals surface area (Å²) in [6.07, 6.45) is 14.2. The maximum Gasteiger partial charge on any atom is 0.258 e. The number of hydrogen-bond acceptors (Lipinski definition) is 14. The topological polar surface area (TPSA) is 259 Å². The highest BCUT2D eigenvalue weighted by molar-refractivity contribution is 5.94. The van der Waals surface area contributed by atoms with Gasteiger partial charge in [0, 0.05) is 87.0 Å². The van der Waals surface area contributed by atoms with E-state index in [2.05, 4.69) is 48.7 Å². The first-order valence-electron chi connectivity index (χ1n) is 30.6. The SMILES string of the molecule is C=Cc1cc2cc([C@@H](C)NC(=O)[C@@H]3CCCN(C(=O)[C@H](C)NC(=O)[C@@H](CC(=O)C(C)[C@@H](/C=C/C)OC)C(C)C)N3)ccc2cn1.CO[C@@H]1/C=C/c2cc3cc(ccc3cn2)[C@@H](C)NC(=O)[C@@H]2CCCN(N2)C(=O)[C@H](C)NC(=O)[C@H](C(C)C)CC(=O)[C@@H]1C. The van der Waals surface area contributed by atoms with Crippen molar-refractivity contribution in [2.45, 2.75) is 163 Å². The second kappa shape index (κ2) is 31.9. The third kappa shape index (κ3) is 18.3. The number of rotatable bonds is 16. The van der Waals surface area contributed by atoms with Crippen LogP contribution in [0.2, 0.25) is 0 Å². The maximum absolute atomic E-state index is 13.4. The quantitative estimate of drug-likeness (QED) is 0.0585. The molecule has 2 aromatic carbocycles. The van der Waals surface area contributed by atoms with Crippen LogP contribution < -0.4 is 32.1 Å². The van der Waals surface area contributed by atoms with Gasteiger partial charge in [-0.2, -0.15) is 0 Å². The van der Waals surface area contributed by atoms with E-state index in [0.29, 0.717) is 44.5 Å². The van der Waals surface area contributed by atoms with Crippen molar-refractivity contribution in [3.63, 3.8) is 0 Å². The molecule has 2 fully saturated rings. The number of ether oxygens (including phenoxy) is 2. The molecule has 6 amide bonds. The Morgan fingerprint density at radius 3 is 2.14 bits per heavy atom. The van der Waals surface area contributed by atoms with E-state index in [9.17, 15) is 38.4 Å². The number of amides is 6. The van der Waals surface area contributed by atoms with Crippen LogP contribution in [0.5, 0.6) is 0 Å². The Balaban J connectivity index is 0.000000279. The number of ketones is 2. The van der Waals surface area contributed by atoms with Crippen molar-refractivity contribution >= 4 is 80.7 Å². The average Bonchev–Trinajstić information content (AvgIpc) is 2.66. The molecule has 12 atom stereocenters. The van der Waals surface area contributed by atoms with Crippen molar-refractivity contribution < 1.29 is 47.8 Å². The average molecular weight is 1200 g/mol. The van der Waals surface area contributed by atoms with E-state index in [0.717, 1.165) is 38.4 Å². The van der Waals surface area contributed by atoms with Gasteiger partial charge in [0.25, 0.3) is 11.8 Å². The normalized spacial score (nSPS) is 23.8. The lowest BCUT2D eigenvalue weighted by Crippen LogP contribution is -2.61. The van der Waals surface area contributed by atoms with E-state index in [1.165, 1.54) is 10.0 Å². The number of nitrogens with one attached hydrogen (secondary N) is 6. The Labute approximate surface area is 512 Å². The van der Waals surface area contributed by atoms with E-state index in [1.807, 2.05) is 121 Å². The van der Waals surface area contributed by atoms with Crippen LogP contribution >= 0.6 is 0 Å². The zero-order chi connectivity index (χ0) is 63.8. The number of allylic oxidation sites excluding steroid dienone is 1. The molecule has 0 saturated carbocycles. The number of hydrazine groups is 2. The van der Waals surface area contributed by atoms with Crippen molar-refractivity contribution in [2.24, 2.45) is 35.5 Å². The summed E-state index contributed by atoms with van der Waals surface area (Å²) in [4.78, 5) is 115. The lowest BCUT2D eigenvalue weighted by molar-refractivity contribution is -0.144. The molecule has 7 rings (SSSR count). The number of fused-ring (bicyclic) bond motifs is 5. The third-order valence-corrected chi connectivity index (χ3v) is 17.0. The first-order valence-corrected chi connectivity index (χ1v) is 30.6. The molecule has 3 aliphatic rings. The fourth-order valence-electron chi connectivity index (χ4n) is 11.1. The summed E-state index contributed by atoms with van der Waals surface area (Å²) in [6, 6.07) is 12.5. The molecule has 5 bridgehead atoms.